The Morgan fingerprint density at radius 1 is 1.37 bits per heavy atom. The molecule has 2 heterocycles. The van der Waals surface area contributed by atoms with Gasteiger partial charge >= 0.3 is 0 Å². The van der Waals surface area contributed by atoms with E-state index in [1.165, 1.54) is 10.7 Å². The Hall–Kier alpha value is -1.28. The van der Waals surface area contributed by atoms with Crippen LogP contribution >= 0.6 is 15.9 Å². The van der Waals surface area contributed by atoms with Crippen LogP contribution in [0.4, 0.5) is 8.78 Å². The molecule has 1 atom stereocenters. The van der Waals surface area contributed by atoms with E-state index in [4.69, 9.17) is 0 Å². The van der Waals surface area contributed by atoms with Gasteiger partial charge in [0.15, 0.2) is 0 Å². The van der Waals surface area contributed by atoms with Gasteiger partial charge in [0.25, 0.3) is 0 Å². The van der Waals surface area contributed by atoms with E-state index in [9.17, 15) is 13.9 Å². The predicted molar refractivity (Wildman–Crippen MR) is 67.9 cm³/mol. The lowest BCUT2D eigenvalue weighted by Crippen LogP contribution is -2.06. The first-order valence-corrected chi connectivity index (χ1v) is 6.36. The Bertz CT molecular complexity index is 581. The molecule has 0 aliphatic heterocycles. The van der Waals surface area contributed by atoms with E-state index in [1.54, 1.807) is 25.0 Å². The van der Waals surface area contributed by atoms with Crippen LogP contribution in [0.5, 0.6) is 0 Å². The van der Waals surface area contributed by atoms with Crippen LogP contribution < -0.4 is 0 Å². The summed E-state index contributed by atoms with van der Waals surface area (Å²) in [6, 6.07) is 1.48. The number of aliphatic hydroxyl groups excluding tert-OH is 1. The van der Waals surface area contributed by atoms with Gasteiger partial charge in [0.2, 0.25) is 6.43 Å². The van der Waals surface area contributed by atoms with Crippen molar-refractivity contribution in [3.05, 3.63) is 33.8 Å². The fourth-order valence-electron chi connectivity index (χ4n) is 1.88. The van der Waals surface area contributed by atoms with Crippen molar-refractivity contribution in [3.8, 4) is 0 Å². The quantitative estimate of drug-likeness (QED) is 0.927. The summed E-state index contributed by atoms with van der Waals surface area (Å²) in [5.41, 5.74) is 1.27. The van der Waals surface area contributed by atoms with E-state index in [0.29, 0.717) is 15.9 Å². The number of alkyl halides is 2. The minimum atomic E-state index is -2.45. The number of aryl methyl sites for hydroxylation is 2. The average molecular weight is 335 g/mol. The monoisotopic (exact) mass is 334 g/mol. The van der Waals surface area contributed by atoms with E-state index in [-0.39, 0.29) is 5.69 Å². The number of aromatic nitrogens is 4. The molecule has 0 radical (unpaired) electrons. The lowest BCUT2D eigenvalue weighted by Gasteiger charge is -2.08. The molecule has 2 aromatic heterocycles. The molecular weight excluding hydrogens is 322 g/mol. The van der Waals surface area contributed by atoms with Gasteiger partial charge in [0.05, 0.1) is 17.8 Å². The van der Waals surface area contributed by atoms with Gasteiger partial charge in [-0.05, 0) is 22.0 Å². The van der Waals surface area contributed by atoms with Gasteiger partial charge in [0, 0.05) is 25.9 Å². The van der Waals surface area contributed by atoms with E-state index in [1.807, 2.05) is 0 Å². The molecule has 1 unspecified atom stereocenters. The second kappa shape index (κ2) is 5.38. The second-order valence-corrected chi connectivity index (χ2v) is 4.98. The van der Waals surface area contributed by atoms with Crippen LogP contribution in [0.3, 0.4) is 0 Å². The van der Waals surface area contributed by atoms with Crippen LogP contribution in [0.2, 0.25) is 0 Å². The van der Waals surface area contributed by atoms with Crippen molar-refractivity contribution in [2.24, 2.45) is 14.1 Å². The Kier molecular flexibility index (Phi) is 4.00. The Morgan fingerprint density at radius 3 is 2.58 bits per heavy atom. The average Bonchev–Trinajstić information content (AvgIpc) is 2.80. The Labute approximate surface area is 117 Å². The predicted octanol–water partition coefficient (Wildman–Crippen LogP) is 1.81. The zero-order chi connectivity index (χ0) is 14.2. The highest BCUT2D eigenvalue weighted by atomic mass is 79.9. The molecule has 0 bridgehead atoms. The molecule has 0 aliphatic rings. The summed E-state index contributed by atoms with van der Waals surface area (Å²) in [6.07, 6.45) is -2.18. The lowest BCUT2D eigenvalue weighted by atomic mass is 10.1. The first-order chi connectivity index (χ1) is 8.88. The largest absolute Gasteiger partial charge is 0.382 e. The van der Waals surface area contributed by atoms with Gasteiger partial charge in [0.1, 0.15) is 10.7 Å². The first-order valence-electron chi connectivity index (χ1n) is 5.56. The standard InChI is InChI=1S/C11H13BrF2N4O/c1-17-5-7(11(12)16-17)10(19)8-3-6(4-9(13)14)15-18(8)2/h3,5,9-10,19H,4H2,1-2H3. The van der Waals surface area contributed by atoms with E-state index in [2.05, 4.69) is 26.1 Å². The minimum Gasteiger partial charge on any atom is -0.382 e. The highest BCUT2D eigenvalue weighted by Crippen LogP contribution is 2.27. The summed E-state index contributed by atoms with van der Waals surface area (Å²) in [5, 5.41) is 18.3. The topological polar surface area (TPSA) is 55.9 Å². The molecule has 0 aliphatic carbocycles. The van der Waals surface area contributed by atoms with Crippen molar-refractivity contribution in [3.63, 3.8) is 0 Å². The van der Waals surface area contributed by atoms with Crippen molar-refractivity contribution in [2.75, 3.05) is 0 Å². The van der Waals surface area contributed by atoms with Crippen molar-refractivity contribution >= 4 is 15.9 Å². The maximum atomic E-state index is 12.3. The third-order valence-corrected chi connectivity index (χ3v) is 3.33. The second-order valence-electron chi connectivity index (χ2n) is 4.23. The van der Waals surface area contributed by atoms with Gasteiger partial charge in [-0.2, -0.15) is 10.2 Å². The van der Waals surface area contributed by atoms with Crippen LogP contribution in [-0.2, 0) is 20.5 Å². The smallest absolute Gasteiger partial charge is 0.244 e. The molecule has 1 N–H and O–H groups in total. The molecule has 0 saturated carbocycles. The summed E-state index contributed by atoms with van der Waals surface area (Å²) in [7, 11) is 3.34. The molecule has 2 rings (SSSR count). The highest BCUT2D eigenvalue weighted by molar-refractivity contribution is 9.10. The van der Waals surface area contributed by atoms with Crippen molar-refractivity contribution < 1.29 is 13.9 Å². The molecule has 8 heteroatoms. The molecule has 0 aromatic carbocycles. The van der Waals surface area contributed by atoms with Gasteiger partial charge < -0.3 is 5.11 Å². The zero-order valence-electron chi connectivity index (χ0n) is 10.4. The summed E-state index contributed by atoms with van der Waals surface area (Å²) in [6.45, 7) is 0. The number of hydrogen-bond acceptors (Lipinski definition) is 3. The van der Waals surface area contributed by atoms with Gasteiger partial charge in [-0.25, -0.2) is 8.78 Å². The first kappa shape index (κ1) is 14.1. The summed E-state index contributed by atoms with van der Waals surface area (Å²) in [5.74, 6) is 0. The molecule has 5 nitrogen and oxygen atoms in total. The summed E-state index contributed by atoms with van der Waals surface area (Å²) < 4.78 is 28.1. The third kappa shape index (κ3) is 3.01. The maximum absolute atomic E-state index is 12.3. The molecule has 2 aromatic rings. The Morgan fingerprint density at radius 2 is 2.05 bits per heavy atom. The van der Waals surface area contributed by atoms with Crippen LogP contribution in [0.25, 0.3) is 0 Å². The fraction of sp³-hybridized carbons (Fsp3) is 0.455. The molecule has 0 spiro atoms. The fourth-order valence-corrected chi connectivity index (χ4v) is 2.45. The lowest BCUT2D eigenvalue weighted by molar-refractivity contribution is 0.147. The minimum absolute atomic E-state index is 0.256. The number of aliphatic hydroxyl groups is 1. The Balaban J connectivity index is 2.31. The van der Waals surface area contributed by atoms with Crippen LogP contribution in [0.15, 0.2) is 16.9 Å². The van der Waals surface area contributed by atoms with E-state index < -0.39 is 19.0 Å². The van der Waals surface area contributed by atoms with Crippen LogP contribution in [0.1, 0.15) is 23.1 Å². The number of halogens is 3. The van der Waals surface area contributed by atoms with Gasteiger partial charge in [-0.3, -0.25) is 9.36 Å². The molecule has 104 valence electrons. The molecule has 0 fully saturated rings. The zero-order valence-corrected chi connectivity index (χ0v) is 12.0. The van der Waals surface area contributed by atoms with E-state index in [0.717, 1.165) is 0 Å². The SMILES string of the molecule is Cn1cc(C(O)c2cc(CC(F)F)nn2C)c(Br)n1. The molecule has 0 saturated heterocycles. The van der Waals surface area contributed by atoms with Crippen LogP contribution in [-0.4, -0.2) is 31.1 Å². The van der Waals surface area contributed by atoms with Crippen molar-refractivity contribution in [1.82, 2.24) is 19.6 Å². The molecule has 0 amide bonds. The number of nitrogens with zero attached hydrogens (tertiary/aromatic N) is 4. The highest BCUT2D eigenvalue weighted by Gasteiger charge is 2.21. The van der Waals surface area contributed by atoms with Crippen LogP contribution in [0, 0.1) is 0 Å². The van der Waals surface area contributed by atoms with Gasteiger partial charge in [-0.15, -0.1) is 0 Å². The number of rotatable bonds is 4. The van der Waals surface area contributed by atoms with E-state index >= 15 is 0 Å². The molecular formula is C11H13BrF2N4O. The summed E-state index contributed by atoms with van der Waals surface area (Å²) in [4.78, 5) is 0. The molecule has 19 heavy (non-hydrogen) atoms. The van der Waals surface area contributed by atoms with Crippen molar-refractivity contribution in [1.29, 1.82) is 0 Å². The van der Waals surface area contributed by atoms with Crippen molar-refractivity contribution in [2.45, 2.75) is 19.0 Å². The normalized spacial score (nSPS) is 13.2. The third-order valence-electron chi connectivity index (χ3n) is 2.71. The van der Waals surface area contributed by atoms with Gasteiger partial charge in [-0.1, -0.05) is 0 Å². The maximum Gasteiger partial charge on any atom is 0.244 e. The summed E-state index contributed by atoms with van der Waals surface area (Å²) >= 11 is 3.25. The number of hydrogen-bond donors (Lipinski definition) is 1.